The molecule has 0 N–H and O–H groups in total. The molecular formula is C13H27NO. The van der Waals surface area contributed by atoms with Crippen LogP contribution in [0.4, 0.5) is 0 Å². The second-order valence-electron chi connectivity index (χ2n) is 4.99. The Kier molecular flexibility index (Phi) is 6.62. The van der Waals surface area contributed by atoms with Crippen molar-refractivity contribution in [1.29, 1.82) is 0 Å². The first-order valence-corrected chi connectivity index (χ1v) is 6.22. The van der Waals surface area contributed by atoms with Gasteiger partial charge >= 0.3 is 0 Å². The molecule has 0 aromatic carbocycles. The molecule has 0 saturated carbocycles. The van der Waals surface area contributed by atoms with E-state index in [4.69, 9.17) is 0 Å². The van der Waals surface area contributed by atoms with Gasteiger partial charge < -0.3 is 4.90 Å². The second-order valence-corrected chi connectivity index (χ2v) is 4.99. The van der Waals surface area contributed by atoms with Crippen LogP contribution in [0.2, 0.25) is 0 Å². The molecule has 15 heavy (non-hydrogen) atoms. The summed E-state index contributed by atoms with van der Waals surface area (Å²) in [5.41, 5.74) is 0. The normalized spacial score (nSPS) is 13.3. The van der Waals surface area contributed by atoms with Crippen molar-refractivity contribution in [2.75, 3.05) is 13.1 Å². The largest absolute Gasteiger partial charge is 0.343 e. The molecule has 0 aromatic heterocycles. The zero-order valence-electron chi connectivity index (χ0n) is 11.2. The van der Waals surface area contributed by atoms with Crippen molar-refractivity contribution >= 4 is 5.91 Å². The topological polar surface area (TPSA) is 20.3 Å². The molecule has 1 amide bonds. The first kappa shape index (κ1) is 14.5. The summed E-state index contributed by atoms with van der Waals surface area (Å²) in [6.07, 6.45) is 1.01. The summed E-state index contributed by atoms with van der Waals surface area (Å²) in [5, 5.41) is 0. The van der Waals surface area contributed by atoms with Crippen molar-refractivity contribution in [2.45, 2.75) is 48.0 Å². The maximum atomic E-state index is 12.2. The van der Waals surface area contributed by atoms with Crippen molar-refractivity contribution in [3.8, 4) is 0 Å². The molecule has 2 nitrogen and oxygen atoms in total. The minimum absolute atomic E-state index is 0.199. The van der Waals surface area contributed by atoms with Crippen LogP contribution < -0.4 is 0 Å². The Morgan fingerprint density at radius 2 is 1.53 bits per heavy atom. The number of hydrogen-bond acceptors (Lipinski definition) is 1. The molecule has 0 saturated heterocycles. The molecule has 90 valence electrons. The minimum Gasteiger partial charge on any atom is -0.343 e. The van der Waals surface area contributed by atoms with Crippen LogP contribution in [-0.2, 0) is 4.79 Å². The Morgan fingerprint density at radius 3 is 1.80 bits per heavy atom. The van der Waals surface area contributed by atoms with E-state index < -0.39 is 0 Å². The molecule has 0 spiro atoms. The third-order valence-corrected chi connectivity index (χ3v) is 2.92. The van der Waals surface area contributed by atoms with Crippen LogP contribution in [0, 0.1) is 17.8 Å². The smallest absolute Gasteiger partial charge is 0.225 e. The van der Waals surface area contributed by atoms with Crippen molar-refractivity contribution in [1.82, 2.24) is 4.90 Å². The van der Waals surface area contributed by atoms with Crippen LogP contribution in [-0.4, -0.2) is 23.9 Å². The van der Waals surface area contributed by atoms with Crippen LogP contribution in [0.3, 0.4) is 0 Å². The highest BCUT2D eigenvalue weighted by atomic mass is 16.2. The van der Waals surface area contributed by atoms with Gasteiger partial charge in [-0.25, -0.2) is 0 Å². The maximum absolute atomic E-state index is 12.2. The molecule has 2 heteroatoms. The van der Waals surface area contributed by atoms with E-state index in [0.717, 1.165) is 19.5 Å². The van der Waals surface area contributed by atoms with Gasteiger partial charge in [-0.2, -0.15) is 0 Å². The lowest BCUT2D eigenvalue weighted by Crippen LogP contribution is -2.38. The Balaban J connectivity index is 4.53. The van der Waals surface area contributed by atoms with Gasteiger partial charge in [0.25, 0.3) is 0 Å². The molecule has 1 atom stereocenters. The van der Waals surface area contributed by atoms with E-state index in [2.05, 4.69) is 27.7 Å². The summed E-state index contributed by atoms with van der Waals surface area (Å²) in [6, 6.07) is 0. The molecule has 0 aliphatic heterocycles. The molecule has 0 heterocycles. The predicted octanol–water partition coefficient (Wildman–Crippen LogP) is 3.17. The Hall–Kier alpha value is -0.530. The zero-order chi connectivity index (χ0) is 12.0. The monoisotopic (exact) mass is 213 g/mol. The van der Waals surface area contributed by atoms with E-state index in [1.54, 1.807) is 0 Å². The number of hydrogen-bond donors (Lipinski definition) is 0. The number of rotatable bonds is 6. The van der Waals surface area contributed by atoms with Crippen molar-refractivity contribution in [3.63, 3.8) is 0 Å². The highest BCUT2D eigenvalue weighted by Gasteiger charge is 2.26. The number of amides is 1. The Bertz CT molecular complexity index is 183. The molecule has 0 aromatic rings. The van der Waals surface area contributed by atoms with Gasteiger partial charge in [0.2, 0.25) is 5.91 Å². The molecule has 0 aliphatic carbocycles. The van der Waals surface area contributed by atoms with Crippen LogP contribution in [0.1, 0.15) is 48.0 Å². The lowest BCUT2D eigenvalue weighted by molar-refractivity contribution is -0.137. The van der Waals surface area contributed by atoms with Gasteiger partial charge in [-0.15, -0.1) is 0 Å². The average Bonchev–Trinajstić information content (AvgIpc) is 2.15. The summed E-state index contributed by atoms with van der Waals surface area (Å²) in [5.74, 6) is 1.58. The van der Waals surface area contributed by atoms with Gasteiger partial charge in [-0.3, -0.25) is 4.79 Å². The fraction of sp³-hybridized carbons (Fsp3) is 0.923. The van der Waals surface area contributed by atoms with E-state index in [-0.39, 0.29) is 5.92 Å². The lowest BCUT2D eigenvalue weighted by atomic mass is 9.86. The third-order valence-electron chi connectivity index (χ3n) is 2.92. The van der Waals surface area contributed by atoms with Gasteiger partial charge in [0, 0.05) is 19.0 Å². The van der Waals surface area contributed by atoms with E-state index in [1.807, 2.05) is 18.7 Å². The molecule has 1 unspecified atom stereocenters. The van der Waals surface area contributed by atoms with Crippen molar-refractivity contribution < 1.29 is 4.79 Å². The van der Waals surface area contributed by atoms with Gasteiger partial charge in [0.1, 0.15) is 0 Å². The van der Waals surface area contributed by atoms with Crippen LogP contribution in [0.25, 0.3) is 0 Å². The molecule has 0 fully saturated rings. The van der Waals surface area contributed by atoms with Gasteiger partial charge in [0.05, 0.1) is 0 Å². The highest BCUT2D eigenvalue weighted by Crippen LogP contribution is 2.22. The number of nitrogens with zero attached hydrogens (tertiary/aromatic N) is 1. The first-order chi connectivity index (χ1) is 6.93. The molecule has 0 rings (SSSR count). The molecule has 0 radical (unpaired) electrons. The fourth-order valence-corrected chi connectivity index (χ4v) is 1.94. The quantitative estimate of drug-likeness (QED) is 0.663. The minimum atomic E-state index is 0.199. The summed E-state index contributed by atoms with van der Waals surface area (Å²) in [4.78, 5) is 14.2. The van der Waals surface area contributed by atoms with Crippen molar-refractivity contribution in [3.05, 3.63) is 0 Å². The van der Waals surface area contributed by atoms with Crippen LogP contribution in [0.15, 0.2) is 0 Å². The maximum Gasteiger partial charge on any atom is 0.225 e. The predicted molar refractivity (Wildman–Crippen MR) is 65.7 cm³/mol. The first-order valence-electron chi connectivity index (χ1n) is 6.22. The Morgan fingerprint density at radius 1 is 1.07 bits per heavy atom. The highest BCUT2D eigenvalue weighted by molar-refractivity contribution is 5.79. The third kappa shape index (κ3) is 4.67. The molecule has 0 bridgehead atoms. The molecular weight excluding hydrogens is 186 g/mol. The average molecular weight is 213 g/mol. The standard InChI is InChI=1S/C13H27NO/c1-7-14(8-2)13(15)12(11(5)6)9-10(3)4/h10-12H,7-9H2,1-6H3. The van der Waals surface area contributed by atoms with Gasteiger partial charge in [-0.1, -0.05) is 27.7 Å². The van der Waals surface area contributed by atoms with E-state index >= 15 is 0 Å². The lowest BCUT2D eigenvalue weighted by Gasteiger charge is -2.28. The second kappa shape index (κ2) is 6.86. The summed E-state index contributed by atoms with van der Waals surface area (Å²) in [7, 11) is 0. The molecule has 0 aliphatic rings. The number of carbonyl (C=O) groups excluding carboxylic acids is 1. The van der Waals surface area contributed by atoms with E-state index in [1.165, 1.54) is 0 Å². The van der Waals surface area contributed by atoms with E-state index in [0.29, 0.717) is 17.7 Å². The summed E-state index contributed by atoms with van der Waals surface area (Å²) < 4.78 is 0. The summed E-state index contributed by atoms with van der Waals surface area (Å²) in [6.45, 7) is 14.4. The fourth-order valence-electron chi connectivity index (χ4n) is 1.94. The van der Waals surface area contributed by atoms with Crippen LogP contribution in [0.5, 0.6) is 0 Å². The number of carbonyl (C=O) groups is 1. The SMILES string of the molecule is CCN(CC)C(=O)C(CC(C)C)C(C)C. The zero-order valence-corrected chi connectivity index (χ0v) is 11.2. The van der Waals surface area contributed by atoms with Gasteiger partial charge in [-0.05, 0) is 32.1 Å². The van der Waals surface area contributed by atoms with Gasteiger partial charge in [0.15, 0.2) is 0 Å². The van der Waals surface area contributed by atoms with E-state index in [9.17, 15) is 4.79 Å². The summed E-state index contributed by atoms with van der Waals surface area (Å²) >= 11 is 0. The van der Waals surface area contributed by atoms with Crippen LogP contribution >= 0.6 is 0 Å². The van der Waals surface area contributed by atoms with Crippen molar-refractivity contribution in [2.24, 2.45) is 17.8 Å². The Labute approximate surface area is 95.0 Å².